The molecule has 1 heterocycles. The van der Waals surface area contributed by atoms with Gasteiger partial charge >= 0.3 is 6.03 Å². The molecule has 2 N–H and O–H groups in total. The molecular weight excluding hydrogens is 250 g/mol. The van der Waals surface area contributed by atoms with Crippen LogP contribution in [0.1, 0.15) is 23.2 Å². The second-order valence-corrected chi connectivity index (χ2v) is 4.80. The molecule has 4 heteroatoms. The SMILES string of the molecule is CNC(=O)N1NC(c2ccccc2)C1c1ccccc1. The molecule has 3 rings (SSSR count). The molecule has 2 atom stereocenters. The third-order valence-corrected chi connectivity index (χ3v) is 3.60. The van der Waals surface area contributed by atoms with Gasteiger partial charge in [-0.15, -0.1) is 0 Å². The zero-order chi connectivity index (χ0) is 13.9. The molecule has 102 valence electrons. The topological polar surface area (TPSA) is 44.4 Å². The van der Waals surface area contributed by atoms with Crippen LogP contribution >= 0.6 is 0 Å². The number of hydrazine groups is 1. The van der Waals surface area contributed by atoms with E-state index in [0.29, 0.717) is 0 Å². The minimum atomic E-state index is -0.119. The molecular formula is C16H17N3O. The fraction of sp³-hybridized carbons (Fsp3) is 0.188. The van der Waals surface area contributed by atoms with Gasteiger partial charge in [0.2, 0.25) is 0 Å². The number of rotatable bonds is 2. The summed E-state index contributed by atoms with van der Waals surface area (Å²) < 4.78 is 0. The largest absolute Gasteiger partial charge is 0.340 e. The molecule has 0 spiro atoms. The van der Waals surface area contributed by atoms with E-state index in [4.69, 9.17) is 0 Å². The van der Waals surface area contributed by atoms with Gasteiger partial charge in [0.25, 0.3) is 0 Å². The maximum Gasteiger partial charge on any atom is 0.332 e. The van der Waals surface area contributed by atoms with Crippen molar-refractivity contribution in [2.45, 2.75) is 12.1 Å². The molecule has 0 saturated carbocycles. The standard InChI is InChI=1S/C16H17N3O/c1-17-16(20)19-15(13-10-6-3-7-11-13)14(18-19)12-8-4-2-5-9-12/h2-11,14-15,18H,1H3,(H,17,20). The predicted octanol–water partition coefficient (Wildman–Crippen LogP) is 2.63. The van der Waals surface area contributed by atoms with E-state index in [1.165, 1.54) is 5.56 Å². The molecule has 1 saturated heterocycles. The highest BCUT2D eigenvalue weighted by molar-refractivity contribution is 5.75. The van der Waals surface area contributed by atoms with Gasteiger partial charge < -0.3 is 5.32 Å². The van der Waals surface area contributed by atoms with Crippen LogP contribution in [-0.2, 0) is 0 Å². The number of amides is 2. The Morgan fingerprint density at radius 1 is 1.00 bits per heavy atom. The van der Waals surface area contributed by atoms with Crippen LogP contribution in [0.4, 0.5) is 4.79 Å². The van der Waals surface area contributed by atoms with Gasteiger partial charge in [-0.05, 0) is 11.1 Å². The average molecular weight is 267 g/mol. The lowest BCUT2D eigenvalue weighted by atomic mass is 9.90. The van der Waals surface area contributed by atoms with Crippen LogP contribution in [0.25, 0.3) is 0 Å². The first kappa shape index (κ1) is 12.7. The Labute approximate surface area is 118 Å². The Balaban J connectivity index is 1.92. The zero-order valence-corrected chi connectivity index (χ0v) is 11.3. The van der Waals surface area contributed by atoms with E-state index in [9.17, 15) is 4.79 Å². The molecule has 2 aromatic carbocycles. The Morgan fingerprint density at radius 2 is 1.55 bits per heavy atom. The van der Waals surface area contributed by atoms with E-state index >= 15 is 0 Å². The predicted molar refractivity (Wildman–Crippen MR) is 77.8 cm³/mol. The third-order valence-electron chi connectivity index (χ3n) is 3.60. The van der Waals surface area contributed by atoms with Crippen molar-refractivity contribution in [3.05, 3.63) is 71.8 Å². The number of benzene rings is 2. The fourth-order valence-electron chi connectivity index (χ4n) is 2.58. The first-order chi connectivity index (χ1) is 9.81. The van der Waals surface area contributed by atoms with Crippen molar-refractivity contribution in [3.8, 4) is 0 Å². The van der Waals surface area contributed by atoms with E-state index < -0.39 is 0 Å². The highest BCUT2D eigenvalue weighted by Gasteiger charge is 2.43. The Kier molecular flexibility index (Phi) is 3.39. The summed E-state index contributed by atoms with van der Waals surface area (Å²) in [5, 5.41) is 4.31. The maximum atomic E-state index is 11.9. The van der Waals surface area contributed by atoms with Gasteiger partial charge in [-0.3, -0.25) is 0 Å². The summed E-state index contributed by atoms with van der Waals surface area (Å²) in [5.74, 6) is 0. The van der Waals surface area contributed by atoms with Crippen molar-refractivity contribution in [1.82, 2.24) is 15.8 Å². The van der Waals surface area contributed by atoms with Gasteiger partial charge in [-0.1, -0.05) is 60.7 Å². The maximum absolute atomic E-state index is 11.9. The molecule has 0 bridgehead atoms. The quantitative estimate of drug-likeness (QED) is 0.878. The summed E-state index contributed by atoms with van der Waals surface area (Å²) in [5.41, 5.74) is 5.53. The number of carbonyl (C=O) groups is 1. The first-order valence-electron chi connectivity index (χ1n) is 6.68. The van der Waals surface area contributed by atoms with E-state index in [1.807, 2.05) is 36.4 Å². The Morgan fingerprint density at radius 3 is 2.10 bits per heavy atom. The van der Waals surface area contributed by atoms with E-state index in [-0.39, 0.29) is 18.1 Å². The highest BCUT2D eigenvalue weighted by atomic mass is 16.2. The van der Waals surface area contributed by atoms with Crippen molar-refractivity contribution >= 4 is 6.03 Å². The lowest BCUT2D eigenvalue weighted by Crippen LogP contribution is -2.62. The number of urea groups is 1. The Bertz CT molecular complexity index is 585. The molecule has 0 aromatic heterocycles. The van der Waals surface area contributed by atoms with E-state index in [1.54, 1.807) is 12.1 Å². The molecule has 1 aliphatic rings. The van der Waals surface area contributed by atoms with Gasteiger partial charge in [0.05, 0.1) is 12.1 Å². The summed E-state index contributed by atoms with van der Waals surface area (Å²) >= 11 is 0. The molecule has 4 nitrogen and oxygen atoms in total. The van der Waals surface area contributed by atoms with Crippen LogP contribution in [0, 0.1) is 0 Å². The van der Waals surface area contributed by atoms with Gasteiger partial charge in [-0.25, -0.2) is 15.2 Å². The average Bonchev–Trinajstić information content (AvgIpc) is 2.48. The summed E-state index contributed by atoms with van der Waals surface area (Å²) in [7, 11) is 1.64. The Hall–Kier alpha value is -2.33. The number of nitrogens with one attached hydrogen (secondary N) is 2. The lowest BCUT2D eigenvalue weighted by Gasteiger charge is -2.48. The van der Waals surface area contributed by atoms with Crippen LogP contribution in [0.15, 0.2) is 60.7 Å². The van der Waals surface area contributed by atoms with Crippen LogP contribution < -0.4 is 10.7 Å². The number of carbonyl (C=O) groups excluding carboxylic acids is 1. The molecule has 0 radical (unpaired) electrons. The lowest BCUT2D eigenvalue weighted by molar-refractivity contribution is 0.00695. The van der Waals surface area contributed by atoms with E-state index in [2.05, 4.69) is 35.0 Å². The number of hydrogen-bond donors (Lipinski definition) is 2. The minimum absolute atomic E-state index is 0.0125. The van der Waals surface area contributed by atoms with E-state index in [0.717, 1.165) is 5.56 Å². The van der Waals surface area contributed by atoms with Crippen LogP contribution in [0.5, 0.6) is 0 Å². The number of nitrogens with zero attached hydrogens (tertiary/aromatic N) is 1. The molecule has 0 aliphatic carbocycles. The van der Waals surface area contributed by atoms with Crippen molar-refractivity contribution in [2.75, 3.05) is 7.05 Å². The van der Waals surface area contributed by atoms with Gasteiger partial charge in [0.1, 0.15) is 0 Å². The highest BCUT2D eigenvalue weighted by Crippen LogP contribution is 2.40. The second-order valence-electron chi connectivity index (χ2n) is 4.80. The van der Waals surface area contributed by atoms with Gasteiger partial charge in [0, 0.05) is 7.05 Å². The van der Waals surface area contributed by atoms with Crippen LogP contribution in [0.2, 0.25) is 0 Å². The zero-order valence-electron chi connectivity index (χ0n) is 11.3. The normalized spacial score (nSPS) is 21.1. The molecule has 20 heavy (non-hydrogen) atoms. The molecule has 1 fully saturated rings. The molecule has 2 unspecified atom stereocenters. The van der Waals surface area contributed by atoms with Gasteiger partial charge in [0.15, 0.2) is 0 Å². The molecule has 2 amide bonds. The van der Waals surface area contributed by atoms with Crippen LogP contribution in [0.3, 0.4) is 0 Å². The van der Waals surface area contributed by atoms with Crippen LogP contribution in [-0.4, -0.2) is 18.1 Å². The fourth-order valence-corrected chi connectivity index (χ4v) is 2.58. The monoisotopic (exact) mass is 267 g/mol. The van der Waals surface area contributed by atoms with Crippen molar-refractivity contribution in [3.63, 3.8) is 0 Å². The summed E-state index contributed by atoms with van der Waals surface area (Å²) in [6.45, 7) is 0. The first-order valence-corrected chi connectivity index (χ1v) is 6.68. The summed E-state index contributed by atoms with van der Waals surface area (Å²) in [6.07, 6.45) is 0. The van der Waals surface area contributed by atoms with Crippen molar-refractivity contribution in [1.29, 1.82) is 0 Å². The second kappa shape index (κ2) is 5.35. The summed E-state index contributed by atoms with van der Waals surface area (Å²) in [4.78, 5) is 11.9. The minimum Gasteiger partial charge on any atom is -0.340 e. The molecule has 1 aliphatic heterocycles. The molecule has 2 aromatic rings. The van der Waals surface area contributed by atoms with Gasteiger partial charge in [-0.2, -0.15) is 0 Å². The third kappa shape index (κ3) is 2.14. The van der Waals surface area contributed by atoms with Crippen molar-refractivity contribution in [2.24, 2.45) is 0 Å². The smallest absolute Gasteiger partial charge is 0.332 e. The number of hydrogen-bond acceptors (Lipinski definition) is 2. The van der Waals surface area contributed by atoms with Crippen molar-refractivity contribution < 1.29 is 4.79 Å². The summed E-state index contributed by atoms with van der Waals surface area (Å²) in [6, 6.07) is 20.3.